The maximum Gasteiger partial charge on any atom is 0.257 e. The van der Waals surface area contributed by atoms with Gasteiger partial charge in [-0.25, -0.2) is 0 Å². The van der Waals surface area contributed by atoms with Crippen LogP contribution in [0.5, 0.6) is 0 Å². The molecule has 1 heterocycles. The summed E-state index contributed by atoms with van der Waals surface area (Å²) >= 11 is 10.8. The zero-order valence-electron chi connectivity index (χ0n) is 15.0. The Morgan fingerprint density at radius 1 is 1.32 bits per heavy atom. The molecule has 1 aliphatic heterocycles. The van der Waals surface area contributed by atoms with E-state index in [4.69, 9.17) is 11.6 Å². The van der Waals surface area contributed by atoms with Crippen molar-refractivity contribution in [2.45, 2.75) is 6.92 Å². The van der Waals surface area contributed by atoms with Crippen LogP contribution >= 0.6 is 56.3 Å². The van der Waals surface area contributed by atoms with Gasteiger partial charge in [0.1, 0.15) is 0 Å². The van der Waals surface area contributed by atoms with E-state index in [1.807, 2.05) is 48.3 Å². The molecular weight excluding hydrogens is 526 g/mol. The lowest BCUT2D eigenvalue weighted by molar-refractivity contribution is 0.0977. The first kappa shape index (κ1) is 22.7. The Bertz CT molecular complexity index is 945. The summed E-state index contributed by atoms with van der Waals surface area (Å²) in [5, 5.41) is 10.5. The van der Waals surface area contributed by atoms with Crippen LogP contribution in [0.1, 0.15) is 22.8 Å². The number of benzene rings is 2. The van der Waals surface area contributed by atoms with Crippen molar-refractivity contribution >= 4 is 73.0 Å². The van der Waals surface area contributed by atoms with Crippen LogP contribution < -0.4 is 5.32 Å². The number of halogens is 3. The number of amides is 1. The van der Waals surface area contributed by atoms with E-state index in [0.29, 0.717) is 22.3 Å². The molecule has 3 rings (SSSR count). The van der Waals surface area contributed by atoms with Crippen molar-refractivity contribution in [3.05, 3.63) is 86.7 Å². The Labute approximate surface area is 192 Å². The molecule has 0 atom stereocenters. The molecule has 8 heteroatoms. The third-order valence-electron chi connectivity index (χ3n) is 3.78. The van der Waals surface area contributed by atoms with Crippen LogP contribution in [0.3, 0.4) is 0 Å². The van der Waals surface area contributed by atoms with Crippen molar-refractivity contribution in [1.29, 1.82) is 0 Å². The van der Waals surface area contributed by atoms with E-state index >= 15 is 0 Å². The SMILES string of the molecule is Br.C=CCN1N=C(NC(=O)c2cccc(Br)c2)SC(C)=C1c1ccc(Cl)cc1. The van der Waals surface area contributed by atoms with Gasteiger partial charge in [-0.2, -0.15) is 0 Å². The number of hydrazone groups is 1. The van der Waals surface area contributed by atoms with Crippen molar-refractivity contribution in [2.75, 3.05) is 6.54 Å². The summed E-state index contributed by atoms with van der Waals surface area (Å²) in [5.41, 5.74) is 2.54. The maximum atomic E-state index is 12.5. The third-order valence-corrected chi connectivity index (χ3v) is 5.40. The summed E-state index contributed by atoms with van der Waals surface area (Å²) in [6, 6.07) is 14.8. The molecule has 2 aromatic rings. The van der Waals surface area contributed by atoms with E-state index in [9.17, 15) is 4.79 Å². The summed E-state index contributed by atoms with van der Waals surface area (Å²) in [7, 11) is 0. The topological polar surface area (TPSA) is 44.7 Å². The molecule has 0 saturated heterocycles. The summed E-state index contributed by atoms with van der Waals surface area (Å²) < 4.78 is 0.850. The van der Waals surface area contributed by atoms with Gasteiger partial charge in [0.15, 0.2) is 5.17 Å². The van der Waals surface area contributed by atoms with E-state index in [0.717, 1.165) is 20.6 Å². The number of nitrogens with zero attached hydrogens (tertiary/aromatic N) is 2. The largest absolute Gasteiger partial charge is 0.299 e. The van der Waals surface area contributed by atoms with Gasteiger partial charge in [0.05, 0.1) is 12.2 Å². The Hall–Kier alpha value is -1.54. The quantitative estimate of drug-likeness (QED) is 0.460. The molecule has 0 spiro atoms. The first-order chi connectivity index (χ1) is 13.0. The number of thioether (sulfide) groups is 1. The van der Waals surface area contributed by atoms with Gasteiger partial charge < -0.3 is 0 Å². The van der Waals surface area contributed by atoms with Gasteiger partial charge >= 0.3 is 0 Å². The molecule has 0 aliphatic carbocycles. The molecule has 0 aromatic heterocycles. The first-order valence-electron chi connectivity index (χ1n) is 8.16. The van der Waals surface area contributed by atoms with Gasteiger partial charge in [-0.1, -0.05) is 63.6 Å². The Kier molecular flexibility index (Phi) is 8.37. The molecule has 146 valence electrons. The number of carbonyl (C=O) groups is 1. The van der Waals surface area contributed by atoms with E-state index in [2.05, 4.69) is 32.9 Å². The zero-order valence-corrected chi connectivity index (χ0v) is 19.9. The standard InChI is InChI=1S/C20H17BrClN3OS.BrH/c1-3-11-25-18(14-7-9-17(22)10-8-14)13(2)27-20(24-25)23-19(26)15-5-4-6-16(21)12-15;/h3-10,12H,1,11H2,2H3,(H,23,24,26);1H. The predicted molar refractivity (Wildman–Crippen MR) is 128 cm³/mol. The molecule has 1 N–H and O–H groups in total. The smallest absolute Gasteiger partial charge is 0.257 e. The average Bonchev–Trinajstić information content (AvgIpc) is 2.63. The molecule has 2 aromatic carbocycles. The van der Waals surface area contributed by atoms with Crippen molar-refractivity contribution in [3.8, 4) is 0 Å². The summed E-state index contributed by atoms with van der Waals surface area (Å²) in [5.74, 6) is -0.205. The second-order valence-corrected chi connectivity index (χ2v) is 8.31. The zero-order chi connectivity index (χ0) is 19.4. The number of allylic oxidation sites excluding steroid dienone is 1. The van der Waals surface area contributed by atoms with Crippen molar-refractivity contribution < 1.29 is 4.79 Å². The summed E-state index contributed by atoms with van der Waals surface area (Å²) in [6.07, 6.45) is 1.77. The second-order valence-electron chi connectivity index (χ2n) is 5.75. The molecule has 0 bridgehead atoms. The van der Waals surface area contributed by atoms with Crippen LogP contribution in [0, 0.1) is 0 Å². The van der Waals surface area contributed by atoms with E-state index in [1.165, 1.54) is 11.8 Å². The lowest BCUT2D eigenvalue weighted by Crippen LogP contribution is -2.33. The molecular formula is C20H18Br2ClN3OS. The molecule has 0 unspecified atom stereocenters. The fourth-order valence-electron chi connectivity index (χ4n) is 2.62. The summed E-state index contributed by atoms with van der Waals surface area (Å²) in [4.78, 5) is 13.6. The molecule has 0 fully saturated rings. The van der Waals surface area contributed by atoms with Crippen LogP contribution in [-0.4, -0.2) is 22.6 Å². The fraction of sp³-hybridized carbons (Fsp3) is 0.100. The normalized spacial score (nSPS) is 13.5. The number of nitrogens with one attached hydrogen (secondary N) is 1. The molecule has 28 heavy (non-hydrogen) atoms. The molecule has 1 aliphatic rings. The number of rotatable bonds is 4. The first-order valence-corrected chi connectivity index (χ1v) is 10.2. The van der Waals surface area contributed by atoms with E-state index in [1.54, 1.807) is 18.2 Å². The number of amidine groups is 1. The van der Waals surface area contributed by atoms with Crippen molar-refractivity contribution in [3.63, 3.8) is 0 Å². The lowest BCUT2D eigenvalue weighted by Gasteiger charge is -2.28. The fourth-order valence-corrected chi connectivity index (χ4v) is 4.04. The molecule has 1 amide bonds. The minimum Gasteiger partial charge on any atom is -0.299 e. The van der Waals surface area contributed by atoms with Crippen LogP contribution in [0.2, 0.25) is 5.02 Å². The van der Waals surface area contributed by atoms with Gasteiger partial charge in [0, 0.05) is 25.5 Å². The van der Waals surface area contributed by atoms with Gasteiger partial charge in [0.25, 0.3) is 5.91 Å². The van der Waals surface area contributed by atoms with Crippen LogP contribution in [0.25, 0.3) is 5.70 Å². The number of carbonyl (C=O) groups excluding carboxylic acids is 1. The highest BCUT2D eigenvalue weighted by Crippen LogP contribution is 2.35. The van der Waals surface area contributed by atoms with Crippen molar-refractivity contribution in [1.82, 2.24) is 10.3 Å². The highest BCUT2D eigenvalue weighted by atomic mass is 79.9. The van der Waals surface area contributed by atoms with Gasteiger partial charge in [-0.05, 0) is 37.3 Å². The van der Waals surface area contributed by atoms with Crippen LogP contribution in [0.4, 0.5) is 0 Å². The Morgan fingerprint density at radius 2 is 2.04 bits per heavy atom. The lowest BCUT2D eigenvalue weighted by atomic mass is 10.1. The Morgan fingerprint density at radius 3 is 2.68 bits per heavy atom. The third kappa shape index (κ3) is 5.50. The average molecular weight is 544 g/mol. The number of hydrogen-bond donors (Lipinski definition) is 1. The second kappa shape index (κ2) is 10.3. The highest BCUT2D eigenvalue weighted by molar-refractivity contribution is 9.10. The number of hydrogen-bond acceptors (Lipinski definition) is 4. The predicted octanol–water partition coefficient (Wildman–Crippen LogP) is 6.30. The minimum atomic E-state index is -0.205. The monoisotopic (exact) mass is 541 g/mol. The Balaban J connectivity index is 0.00000280. The minimum absolute atomic E-state index is 0. The molecule has 0 saturated carbocycles. The van der Waals surface area contributed by atoms with Crippen LogP contribution in [-0.2, 0) is 0 Å². The highest BCUT2D eigenvalue weighted by Gasteiger charge is 2.23. The van der Waals surface area contributed by atoms with Crippen molar-refractivity contribution in [2.24, 2.45) is 5.10 Å². The summed E-state index contributed by atoms with van der Waals surface area (Å²) in [6.45, 7) is 6.34. The van der Waals surface area contributed by atoms with Crippen LogP contribution in [0.15, 0.2) is 75.7 Å². The maximum absolute atomic E-state index is 12.5. The van der Waals surface area contributed by atoms with E-state index < -0.39 is 0 Å². The molecule has 4 nitrogen and oxygen atoms in total. The van der Waals surface area contributed by atoms with Gasteiger partial charge in [-0.3, -0.25) is 15.1 Å². The molecule has 0 radical (unpaired) electrons. The van der Waals surface area contributed by atoms with E-state index in [-0.39, 0.29) is 22.9 Å². The van der Waals surface area contributed by atoms with Gasteiger partial charge in [0.2, 0.25) is 0 Å². The van der Waals surface area contributed by atoms with Gasteiger partial charge in [-0.15, -0.1) is 28.7 Å².